The van der Waals surface area contributed by atoms with Gasteiger partial charge in [0.25, 0.3) is 5.91 Å². The van der Waals surface area contributed by atoms with E-state index in [2.05, 4.69) is 11.4 Å². The van der Waals surface area contributed by atoms with Gasteiger partial charge in [0, 0.05) is 0 Å². The second-order valence-corrected chi connectivity index (χ2v) is 5.71. The van der Waals surface area contributed by atoms with Gasteiger partial charge in [-0.15, -0.1) is 0 Å². The molecule has 1 fully saturated rings. The summed E-state index contributed by atoms with van der Waals surface area (Å²) < 4.78 is 0. The van der Waals surface area contributed by atoms with Crippen molar-refractivity contribution in [3.05, 3.63) is 35.4 Å². The van der Waals surface area contributed by atoms with Gasteiger partial charge in [-0.05, 0) is 30.5 Å². The quantitative estimate of drug-likeness (QED) is 0.821. The van der Waals surface area contributed by atoms with Crippen LogP contribution in [0.3, 0.4) is 0 Å². The zero-order chi connectivity index (χ0) is 16.2. The van der Waals surface area contributed by atoms with Crippen molar-refractivity contribution in [3.8, 4) is 6.07 Å². The van der Waals surface area contributed by atoms with Crippen LogP contribution in [0.2, 0.25) is 0 Å². The first-order valence-corrected chi connectivity index (χ1v) is 7.69. The fraction of sp³-hybridized carbons (Fsp3) is 0.471. The van der Waals surface area contributed by atoms with Crippen molar-refractivity contribution >= 4 is 11.9 Å². The maximum absolute atomic E-state index is 12.7. The molecule has 116 valence electrons. The standard InChI is InChI=1S/C17H21N3O2/c1-3-9-17(10-4-2)15(21)20(16(22)19-17)12-14-7-5-13(11-18)6-8-14/h5-8H,3-4,9-10,12H2,1-2H3,(H,19,22). The first kappa shape index (κ1) is 16.0. The molecule has 3 amide bonds. The molecule has 1 heterocycles. The molecule has 0 bridgehead atoms. The third-order valence-corrected chi connectivity index (χ3v) is 4.02. The number of imide groups is 1. The number of benzene rings is 1. The van der Waals surface area contributed by atoms with Gasteiger partial charge >= 0.3 is 6.03 Å². The summed E-state index contributed by atoms with van der Waals surface area (Å²) in [6, 6.07) is 8.67. The molecular formula is C17H21N3O2. The number of nitriles is 1. The van der Waals surface area contributed by atoms with E-state index in [9.17, 15) is 9.59 Å². The average Bonchev–Trinajstić information content (AvgIpc) is 2.73. The van der Waals surface area contributed by atoms with Crippen LogP contribution in [0.25, 0.3) is 0 Å². The zero-order valence-corrected chi connectivity index (χ0v) is 13.1. The van der Waals surface area contributed by atoms with E-state index in [4.69, 9.17) is 5.26 Å². The Morgan fingerprint density at radius 3 is 2.23 bits per heavy atom. The first-order chi connectivity index (χ1) is 10.6. The summed E-state index contributed by atoms with van der Waals surface area (Å²) in [5.41, 5.74) is 0.659. The van der Waals surface area contributed by atoms with E-state index in [1.165, 1.54) is 4.90 Å². The number of hydrogen-bond acceptors (Lipinski definition) is 3. The number of carbonyl (C=O) groups excluding carboxylic acids is 2. The third-order valence-electron chi connectivity index (χ3n) is 4.02. The van der Waals surface area contributed by atoms with Crippen molar-refractivity contribution in [1.82, 2.24) is 10.2 Å². The van der Waals surface area contributed by atoms with Crippen LogP contribution < -0.4 is 5.32 Å². The van der Waals surface area contributed by atoms with Gasteiger partial charge in [-0.1, -0.05) is 38.8 Å². The second-order valence-electron chi connectivity index (χ2n) is 5.71. The molecular weight excluding hydrogens is 278 g/mol. The van der Waals surface area contributed by atoms with E-state index in [0.29, 0.717) is 18.4 Å². The molecule has 1 saturated heterocycles. The molecule has 0 unspecified atom stereocenters. The summed E-state index contributed by atoms with van der Waals surface area (Å²) in [6.45, 7) is 4.27. The van der Waals surface area contributed by atoms with Gasteiger partial charge in [-0.25, -0.2) is 4.79 Å². The van der Waals surface area contributed by atoms with Crippen LogP contribution in [-0.2, 0) is 11.3 Å². The minimum absolute atomic E-state index is 0.134. The molecule has 2 rings (SSSR count). The molecule has 0 saturated carbocycles. The summed E-state index contributed by atoms with van der Waals surface area (Å²) in [5, 5.41) is 11.7. The van der Waals surface area contributed by atoms with Crippen molar-refractivity contribution in [1.29, 1.82) is 5.26 Å². The Balaban J connectivity index is 2.19. The second kappa shape index (κ2) is 6.61. The van der Waals surface area contributed by atoms with Gasteiger partial charge in [0.05, 0.1) is 18.2 Å². The lowest BCUT2D eigenvalue weighted by Gasteiger charge is -2.25. The van der Waals surface area contributed by atoms with E-state index in [-0.39, 0.29) is 18.5 Å². The predicted octanol–water partition coefficient (Wildman–Crippen LogP) is 2.95. The Hall–Kier alpha value is -2.35. The van der Waals surface area contributed by atoms with Gasteiger partial charge in [0.15, 0.2) is 0 Å². The van der Waals surface area contributed by atoms with E-state index < -0.39 is 5.54 Å². The number of rotatable bonds is 6. The number of nitrogens with one attached hydrogen (secondary N) is 1. The van der Waals surface area contributed by atoms with Crippen LogP contribution in [0.15, 0.2) is 24.3 Å². The fourth-order valence-corrected chi connectivity index (χ4v) is 3.00. The van der Waals surface area contributed by atoms with E-state index >= 15 is 0 Å². The SMILES string of the molecule is CCCC1(CCC)NC(=O)N(Cc2ccc(C#N)cc2)C1=O. The van der Waals surface area contributed by atoms with Crippen molar-refractivity contribution in [2.24, 2.45) is 0 Å². The normalized spacial score (nSPS) is 16.5. The molecule has 1 aromatic rings. The summed E-state index contributed by atoms with van der Waals surface area (Å²) in [6.07, 6.45) is 3.01. The molecule has 0 spiro atoms. The smallest absolute Gasteiger partial charge is 0.323 e. The van der Waals surface area contributed by atoms with Gasteiger partial charge < -0.3 is 5.32 Å². The lowest BCUT2D eigenvalue weighted by Crippen LogP contribution is -2.46. The van der Waals surface area contributed by atoms with Crippen molar-refractivity contribution < 1.29 is 9.59 Å². The van der Waals surface area contributed by atoms with Crippen LogP contribution in [0.5, 0.6) is 0 Å². The molecule has 5 heteroatoms. The highest BCUT2D eigenvalue weighted by molar-refractivity contribution is 6.06. The van der Waals surface area contributed by atoms with Gasteiger partial charge in [-0.3, -0.25) is 9.69 Å². The molecule has 5 nitrogen and oxygen atoms in total. The number of urea groups is 1. The summed E-state index contributed by atoms with van der Waals surface area (Å²) in [5.74, 6) is -0.134. The van der Waals surface area contributed by atoms with Gasteiger partial charge in [-0.2, -0.15) is 5.26 Å². The lowest BCUT2D eigenvalue weighted by atomic mass is 9.88. The Morgan fingerprint density at radius 1 is 1.14 bits per heavy atom. The predicted molar refractivity (Wildman–Crippen MR) is 82.8 cm³/mol. The highest BCUT2D eigenvalue weighted by Crippen LogP contribution is 2.29. The largest absolute Gasteiger partial charge is 0.325 e. The average molecular weight is 299 g/mol. The fourth-order valence-electron chi connectivity index (χ4n) is 3.00. The highest BCUT2D eigenvalue weighted by atomic mass is 16.2. The molecule has 22 heavy (non-hydrogen) atoms. The first-order valence-electron chi connectivity index (χ1n) is 7.69. The number of hydrogen-bond donors (Lipinski definition) is 1. The summed E-state index contributed by atoms with van der Waals surface area (Å²) >= 11 is 0. The highest BCUT2D eigenvalue weighted by Gasteiger charge is 2.49. The minimum Gasteiger partial charge on any atom is -0.323 e. The Labute approximate surface area is 130 Å². The van der Waals surface area contributed by atoms with Crippen LogP contribution in [-0.4, -0.2) is 22.4 Å². The van der Waals surface area contributed by atoms with Gasteiger partial charge in [0.1, 0.15) is 5.54 Å². The van der Waals surface area contributed by atoms with Crippen molar-refractivity contribution in [3.63, 3.8) is 0 Å². The molecule has 1 aromatic carbocycles. The lowest BCUT2D eigenvalue weighted by molar-refractivity contribution is -0.132. The molecule has 0 aliphatic carbocycles. The van der Waals surface area contributed by atoms with Gasteiger partial charge in [0.2, 0.25) is 0 Å². The Kier molecular flexibility index (Phi) is 4.81. The number of amides is 3. The molecule has 1 aliphatic heterocycles. The molecule has 0 aromatic heterocycles. The Bertz CT molecular complexity index is 595. The minimum atomic E-state index is -0.743. The van der Waals surface area contributed by atoms with E-state index in [1.807, 2.05) is 13.8 Å². The molecule has 0 atom stereocenters. The van der Waals surface area contributed by atoms with Crippen LogP contribution in [0.4, 0.5) is 4.79 Å². The molecule has 1 aliphatic rings. The van der Waals surface area contributed by atoms with Crippen LogP contribution in [0, 0.1) is 11.3 Å². The van der Waals surface area contributed by atoms with Crippen LogP contribution >= 0.6 is 0 Å². The zero-order valence-electron chi connectivity index (χ0n) is 13.1. The maximum atomic E-state index is 12.7. The van der Waals surface area contributed by atoms with E-state index in [0.717, 1.165) is 18.4 Å². The summed E-state index contributed by atoms with van der Waals surface area (Å²) in [4.78, 5) is 26.2. The molecule has 0 radical (unpaired) electrons. The van der Waals surface area contributed by atoms with E-state index in [1.54, 1.807) is 24.3 Å². The number of nitrogens with zero attached hydrogens (tertiary/aromatic N) is 2. The summed E-state index contributed by atoms with van der Waals surface area (Å²) in [7, 11) is 0. The van der Waals surface area contributed by atoms with Crippen molar-refractivity contribution in [2.45, 2.75) is 51.6 Å². The number of carbonyl (C=O) groups is 2. The molecule has 1 N–H and O–H groups in total. The van der Waals surface area contributed by atoms with Crippen molar-refractivity contribution in [2.75, 3.05) is 0 Å². The van der Waals surface area contributed by atoms with Crippen LogP contribution in [0.1, 0.15) is 50.7 Å². The third kappa shape index (κ3) is 2.96. The topological polar surface area (TPSA) is 73.2 Å². The monoisotopic (exact) mass is 299 g/mol. The Morgan fingerprint density at radius 2 is 1.73 bits per heavy atom. The maximum Gasteiger partial charge on any atom is 0.325 e.